The van der Waals surface area contributed by atoms with Gasteiger partial charge in [0.15, 0.2) is 0 Å². The Morgan fingerprint density at radius 2 is 1.93 bits per heavy atom. The number of amides is 2. The second kappa shape index (κ2) is 8.56. The number of fused-ring (bicyclic) bond motifs is 1. The lowest BCUT2D eigenvalue weighted by Gasteiger charge is -2.01. The maximum Gasteiger partial charge on any atom is 0.271 e. The highest BCUT2D eigenvalue weighted by atomic mass is 16.5. The maximum absolute atomic E-state index is 12.3. The quantitative estimate of drug-likeness (QED) is 0.272. The molecule has 0 bridgehead atoms. The number of hydrazone groups is 1. The van der Waals surface area contributed by atoms with Crippen LogP contribution in [0, 0.1) is 0 Å². The van der Waals surface area contributed by atoms with E-state index in [9.17, 15) is 14.4 Å². The van der Waals surface area contributed by atoms with Crippen LogP contribution in [0.5, 0.6) is 0 Å². The van der Waals surface area contributed by atoms with Crippen LogP contribution in [0.2, 0.25) is 0 Å². The van der Waals surface area contributed by atoms with Gasteiger partial charge in [0, 0.05) is 11.6 Å². The number of carbonyl (C=O) groups is 2. The lowest BCUT2D eigenvalue weighted by molar-refractivity contribution is -0.124. The fraction of sp³-hybridized carbons (Fsp3) is 0. The summed E-state index contributed by atoms with van der Waals surface area (Å²) >= 11 is 0. The van der Waals surface area contributed by atoms with Crippen LogP contribution in [0.3, 0.4) is 0 Å². The minimum absolute atomic E-state index is 0.200. The van der Waals surface area contributed by atoms with E-state index in [1.807, 2.05) is 0 Å². The molecule has 0 radical (unpaired) electrons. The first kappa shape index (κ1) is 18.7. The third-order valence-electron chi connectivity index (χ3n) is 3.76. The molecule has 3 N–H and O–H groups in total. The molecule has 0 aliphatic heterocycles. The minimum atomic E-state index is -0.686. The smallest absolute Gasteiger partial charge is 0.271 e. The predicted molar refractivity (Wildman–Crippen MR) is 103 cm³/mol. The van der Waals surface area contributed by atoms with Crippen LogP contribution < -0.4 is 16.3 Å². The highest BCUT2D eigenvalue weighted by Gasteiger charge is 2.06. The molecular formula is C20H15N3O5. The first-order valence-electron chi connectivity index (χ1n) is 8.14. The molecule has 0 atom stereocenters. The Hall–Kier alpha value is -4.04. The van der Waals surface area contributed by atoms with Gasteiger partial charge >= 0.3 is 0 Å². The third kappa shape index (κ3) is 4.37. The van der Waals surface area contributed by atoms with Gasteiger partial charge in [0.1, 0.15) is 11.8 Å². The van der Waals surface area contributed by atoms with E-state index in [1.54, 1.807) is 42.5 Å². The number of rotatable bonds is 5. The van der Waals surface area contributed by atoms with Crippen LogP contribution in [0.25, 0.3) is 17.0 Å². The average Bonchev–Trinajstić information content (AvgIpc) is 2.74. The van der Waals surface area contributed by atoms with Crippen LogP contribution in [0.15, 0.2) is 75.2 Å². The number of nitrogens with one attached hydrogen (secondary N) is 2. The minimum Gasteiger partial charge on any atom is -0.463 e. The van der Waals surface area contributed by atoms with E-state index < -0.39 is 11.8 Å². The molecule has 0 unspecified atom stereocenters. The Morgan fingerprint density at radius 1 is 1.11 bits per heavy atom. The Kier molecular flexibility index (Phi) is 5.73. The predicted octanol–water partition coefficient (Wildman–Crippen LogP) is 2.08. The number of hydrogen-bond donors (Lipinski definition) is 3. The molecule has 8 nitrogen and oxygen atoms in total. The molecule has 1 heterocycles. The number of benzene rings is 2. The van der Waals surface area contributed by atoms with Crippen molar-refractivity contribution in [3.8, 4) is 0 Å². The molecule has 0 aliphatic rings. The molecule has 2 aromatic carbocycles. The van der Waals surface area contributed by atoms with E-state index in [-0.39, 0.29) is 11.0 Å². The van der Waals surface area contributed by atoms with E-state index in [0.717, 1.165) is 6.08 Å². The number of nitrogens with zero attached hydrogens (tertiary/aromatic N) is 1. The first-order chi connectivity index (χ1) is 13.6. The summed E-state index contributed by atoms with van der Waals surface area (Å²) in [5.41, 5.74) is 5.10. The maximum atomic E-state index is 12.3. The second-order valence-corrected chi connectivity index (χ2v) is 5.65. The molecule has 0 fully saturated rings. The monoisotopic (exact) mass is 377 g/mol. The van der Waals surface area contributed by atoms with Crippen molar-refractivity contribution in [2.75, 3.05) is 0 Å². The average molecular weight is 377 g/mol. The zero-order valence-corrected chi connectivity index (χ0v) is 14.5. The van der Waals surface area contributed by atoms with Gasteiger partial charge in [0.2, 0.25) is 5.43 Å². The highest BCUT2D eigenvalue weighted by Crippen LogP contribution is 2.10. The topological polar surface area (TPSA) is 121 Å². The molecule has 0 spiro atoms. The zero-order chi connectivity index (χ0) is 19.9. The van der Waals surface area contributed by atoms with Crippen LogP contribution in [-0.4, -0.2) is 23.2 Å². The Labute approximate surface area is 158 Å². The van der Waals surface area contributed by atoms with Crippen molar-refractivity contribution in [3.05, 3.63) is 87.8 Å². The molecule has 0 aliphatic carbocycles. The van der Waals surface area contributed by atoms with Crippen LogP contribution >= 0.6 is 0 Å². The number of hydroxylamine groups is 1. The Morgan fingerprint density at radius 3 is 2.75 bits per heavy atom. The Bertz CT molecular complexity index is 1150. The molecule has 0 saturated carbocycles. The summed E-state index contributed by atoms with van der Waals surface area (Å²) in [5.74, 6) is -1.18. The number of carbonyl (C=O) groups excluding carboxylic acids is 2. The summed E-state index contributed by atoms with van der Waals surface area (Å²) < 4.78 is 5.37. The van der Waals surface area contributed by atoms with Crippen molar-refractivity contribution in [2.45, 2.75) is 0 Å². The zero-order valence-electron chi connectivity index (χ0n) is 14.5. The highest BCUT2D eigenvalue weighted by molar-refractivity contribution is 5.96. The van der Waals surface area contributed by atoms with Gasteiger partial charge in [0.05, 0.1) is 17.2 Å². The van der Waals surface area contributed by atoms with Gasteiger partial charge in [-0.3, -0.25) is 19.6 Å². The van der Waals surface area contributed by atoms with Gasteiger partial charge in [-0.25, -0.2) is 10.9 Å². The summed E-state index contributed by atoms with van der Waals surface area (Å²) in [6.07, 6.45) is 5.05. The van der Waals surface area contributed by atoms with E-state index >= 15 is 0 Å². The van der Waals surface area contributed by atoms with Crippen LogP contribution in [0.4, 0.5) is 0 Å². The second-order valence-electron chi connectivity index (χ2n) is 5.65. The first-order valence-corrected chi connectivity index (χ1v) is 8.14. The normalized spacial score (nSPS) is 11.2. The van der Waals surface area contributed by atoms with Crippen molar-refractivity contribution >= 4 is 35.1 Å². The summed E-state index contributed by atoms with van der Waals surface area (Å²) in [5, 5.41) is 12.7. The van der Waals surface area contributed by atoms with E-state index in [2.05, 4.69) is 10.5 Å². The van der Waals surface area contributed by atoms with E-state index in [0.29, 0.717) is 22.1 Å². The fourth-order valence-electron chi connectivity index (χ4n) is 2.40. The fourth-order valence-corrected chi connectivity index (χ4v) is 2.40. The lowest BCUT2D eigenvalue weighted by atomic mass is 10.1. The van der Waals surface area contributed by atoms with E-state index in [1.165, 1.54) is 30.1 Å². The van der Waals surface area contributed by atoms with Crippen molar-refractivity contribution in [1.82, 2.24) is 10.9 Å². The largest absolute Gasteiger partial charge is 0.463 e. The summed E-state index contributed by atoms with van der Waals surface area (Å²) in [6.45, 7) is 0. The third-order valence-corrected chi connectivity index (χ3v) is 3.76. The molecule has 140 valence electrons. The lowest BCUT2D eigenvalue weighted by Crippen LogP contribution is -2.18. The van der Waals surface area contributed by atoms with E-state index in [4.69, 9.17) is 9.62 Å². The summed E-state index contributed by atoms with van der Waals surface area (Å²) in [7, 11) is 0. The van der Waals surface area contributed by atoms with Gasteiger partial charge in [-0.1, -0.05) is 24.3 Å². The molecular weight excluding hydrogens is 362 g/mol. The van der Waals surface area contributed by atoms with Gasteiger partial charge in [0.25, 0.3) is 11.8 Å². The summed E-state index contributed by atoms with van der Waals surface area (Å²) in [6, 6.07) is 13.2. The van der Waals surface area contributed by atoms with Crippen molar-refractivity contribution in [3.63, 3.8) is 0 Å². The molecule has 3 rings (SSSR count). The molecule has 1 aromatic heterocycles. The summed E-state index contributed by atoms with van der Waals surface area (Å²) in [4.78, 5) is 35.6. The van der Waals surface area contributed by atoms with Gasteiger partial charge < -0.3 is 4.42 Å². The van der Waals surface area contributed by atoms with Crippen molar-refractivity contribution in [2.24, 2.45) is 5.10 Å². The molecule has 0 saturated heterocycles. The van der Waals surface area contributed by atoms with Crippen molar-refractivity contribution < 1.29 is 19.2 Å². The number of hydrogen-bond acceptors (Lipinski definition) is 6. The Balaban J connectivity index is 1.72. The van der Waals surface area contributed by atoms with Gasteiger partial charge in [-0.15, -0.1) is 0 Å². The van der Waals surface area contributed by atoms with Crippen LogP contribution in [-0.2, 0) is 4.79 Å². The van der Waals surface area contributed by atoms with Gasteiger partial charge in [-0.05, 0) is 35.9 Å². The van der Waals surface area contributed by atoms with Crippen molar-refractivity contribution in [1.29, 1.82) is 0 Å². The molecule has 8 heteroatoms. The molecule has 2 amide bonds. The molecule has 28 heavy (non-hydrogen) atoms. The SMILES string of the molecule is O=C(/C=C/c1cccc(C(=O)N/N=C/c2coc3ccccc3c2=O)c1)NO. The van der Waals surface area contributed by atoms with Gasteiger partial charge in [-0.2, -0.15) is 5.10 Å². The standard InChI is InChI=1S/C20H15N3O5/c24-18(23-27)9-8-13-4-3-5-14(10-13)20(26)22-21-11-15-12-28-17-7-2-1-6-16(17)19(15)25/h1-12,27H,(H,22,26)(H,23,24)/b9-8+,21-11+. The van der Waals surface area contributed by atoms with Crippen LogP contribution in [0.1, 0.15) is 21.5 Å². The number of para-hydroxylation sites is 1. The molecule has 3 aromatic rings.